The van der Waals surface area contributed by atoms with Gasteiger partial charge >= 0.3 is 0 Å². The highest BCUT2D eigenvalue weighted by atomic mass is 127. The number of hydrogen-bond acceptors (Lipinski definition) is 3. The topological polar surface area (TPSA) is 63.3 Å². The van der Waals surface area contributed by atoms with Crippen LogP contribution in [-0.4, -0.2) is 57.1 Å². The molecule has 3 heterocycles. The van der Waals surface area contributed by atoms with Crippen LogP contribution in [0.5, 0.6) is 0 Å². The van der Waals surface area contributed by atoms with Crippen molar-refractivity contribution in [2.75, 3.05) is 26.7 Å². The van der Waals surface area contributed by atoms with Gasteiger partial charge in [0.2, 0.25) is 0 Å². The lowest BCUT2D eigenvalue weighted by Crippen LogP contribution is -2.41. The van der Waals surface area contributed by atoms with Crippen LogP contribution in [0.4, 0.5) is 0 Å². The van der Waals surface area contributed by atoms with Gasteiger partial charge in [-0.2, -0.15) is 10.2 Å². The quantitative estimate of drug-likeness (QED) is 0.422. The van der Waals surface area contributed by atoms with Crippen molar-refractivity contribution in [2.24, 2.45) is 18.0 Å². The minimum absolute atomic E-state index is 0. The van der Waals surface area contributed by atoms with Crippen LogP contribution in [0.25, 0.3) is 0 Å². The van der Waals surface area contributed by atoms with Crippen LogP contribution in [0.1, 0.15) is 17.5 Å². The summed E-state index contributed by atoms with van der Waals surface area (Å²) in [5.41, 5.74) is 2.51. The number of aromatic nitrogens is 4. The Labute approximate surface area is 166 Å². The first-order chi connectivity index (χ1) is 11.6. The summed E-state index contributed by atoms with van der Waals surface area (Å²) in [4.78, 5) is 6.79. The van der Waals surface area contributed by atoms with E-state index in [9.17, 15) is 0 Å². The maximum absolute atomic E-state index is 4.44. The molecule has 25 heavy (non-hydrogen) atoms. The van der Waals surface area contributed by atoms with E-state index in [-0.39, 0.29) is 24.0 Å². The van der Waals surface area contributed by atoms with Crippen LogP contribution in [0.3, 0.4) is 0 Å². The Kier molecular flexibility index (Phi) is 7.27. The standard InChI is InChI=1S/C17H27N7.HI/c1-14-9-21-24(11-14)7-5-19-17(18-2)23-6-4-15(13-23)8-16-10-20-22(3)12-16;/h9-12,15H,4-8,13H2,1-3H3,(H,18,19);1H. The predicted molar refractivity (Wildman–Crippen MR) is 110 cm³/mol. The zero-order valence-corrected chi connectivity index (χ0v) is 17.6. The molecule has 0 aromatic carbocycles. The first-order valence-corrected chi connectivity index (χ1v) is 8.56. The predicted octanol–water partition coefficient (Wildman–Crippen LogP) is 1.68. The molecule has 1 N–H and O–H groups in total. The number of aryl methyl sites for hydroxylation is 2. The fourth-order valence-electron chi connectivity index (χ4n) is 3.31. The average molecular weight is 457 g/mol. The number of likely N-dealkylation sites (tertiary alicyclic amines) is 1. The number of guanidine groups is 1. The van der Waals surface area contributed by atoms with E-state index in [1.54, 1.807) is 0 Å². The van der Waals surface area contributed by atoms with E-state index in [1.807, 2.05) is 35.9 Å². The Morgan fingerprint density at radius 1 is 1.32 bits per heavy atom. The van der Waals surface area contributed by atoms with Gasteiger partial charge in [-0.15, -0.1) is 24.0 Å². The van der Waals surface area contributed by atoms with Crippen molar-refractivity contribution in [3.05, 3.63) is 35.9 Å². The number of aliphatic imine (C=N–C) groups is 1. The van der Waals surface area contributed by atoms with Gasteiger partial charge in [-0.1, -0.05) is 0 Å². The second-order valence-electron chi connectivity index (χ2n) is 6.58. The third kappa shape index (κ3) is 5.45. The van der Waals surface area contributed by atoms with Gasteiger partial charge in [0, 0.05) is 46.1 Å². The van der Waals surface area contributed by atoms with E-state index in [0.717, 1.165) is 38.6 Å². The van der Waals surface area contributed by atoms with Crippen LogP contribution in [0, 0.1) is 12.8 Å². The molecule has 3 rings (SSSR count). The van der Waals surface area contributed by atoms with Crippen molar-refractivity contribution in [1.29, 1.82) is 0 Å². The Hall–Kier alpha value is -1.58. The lowest BCUT2D eigenvalue weighted by atomic mass is 10.0. The van der Waals surface area contributed by atoms with Crippen molar-refractivity contribution >= 4 is 29.9 Å². The highest BCUT2D eigenvalue weighted by Gasteiger charge is 2.25. The van der Waals surface area contributed by atoms with Gasteiger partial charge in [0.05, 0.1) is 18.9 Å². The highest BCUT2D eigenvalue weighted by Crippen LogP contribution is 2.20. The van der Waals surface area contributed by atoms with Crippen molar-refractivity contribution in [3.8, 4) is 0 Å². The van der Waals surface area contributed by atoms with Crippen LogP contribution in [0.15, 0.2) is 29.8 Å². The molecule has 2 aromatic heterocycles. The normalized spacial score (nSPS) is 17.6. The summed E-state index contributed by atoms with van der Waals surface area (Å²) in [6, 6.07) is 0. The summed E-state index contributed by atoms with van der Waals surface area (Å²) in [5, 5.41) is 12.0. The summed E-state index contributed by atoms with van der Waals surface area (Å²) < 4.78 is 3.84. The Bertz CT molecular complexity index is 691. The van der Waals surface area contributed by atoms with Gasteiger partial charge in [-0.05, 0) is 36.8 Å². The second-order valence-corrected chi connectivity index (χ2v) is 6.58. The first kappa shape index (κ1) is 19.7. The number of rotatable bonds is 5. The molecule has 1 aliphatic rings. The summed E-state index contributed by atoms with van der Waals surface area (Å²) in [5.74, 6) is 1.66. The summed E-state index contributed by atoms with van der Waals surface area (Å²) in [6.07, 6.45) is 10.3. The largest absolute Gasteiger partial charge is 0.354 e. The molecule has 1 aliphatic heterocycles. The Morgan fingerprint density at radius 3 is 2.80 bits per heavy atom. The fraction of sp³-hybridized carbons (Fsp3) is 0.588. The SMILES string of the molecule is CN=C(NCCn1cc(C)cn1)N1CCC(Cc2cnn(C)c2)C1.I. The van der Waals surface area contributed by atoms with Crippen LogP contribution >= 0.6 is 24.0 Å². The molecule has 138 valence electrons. The third-order valence-corrected chi connectivity index (χ3v) is 4.47. The molecular formula is C17H28IN7. The first-order valence-electron chi connectivity index (χ1n) is 8.56. The maximum atomic E-state index is 4.44. The van der Waals surface area contributed by atoms with Crippen molar-refractivity contribution in [2.45, 2.75) is 26.3 Å². The highest BCUT2D eigenvalue weighted by molar-refractivity contribution is 14.0. The molecular weight excluding hydrogens is 429 g/mol. The van der Waals surface area contributed by atoms with Gasteiger partial charge in [0.25, 0.3) is 0 Å². The van der Waals surface area contributed by atoms with Gasteiger partial charge in [-0.3, -0.25) is 14.4 Å². The van der Waals surface area contributed by atoms with E-state index in [4.69, 9.17) is 0 Å². The molecule has 0 spiro atoms. The zero-order chi connectivity index (χ0) is 16.9. The van der Waals surface area contributed by atoms with E-state index in [0.29, 0.717) is 5.92 Å². The minimum atomic E-state index is 0. The molecule has 0 bridgehead atoms. The number of hydrogen-bond donors (Lipinski definition) is 1. The second kappa shape index (κ2) is 9.21. The molecule has 0 saturated carbocycles. The van der Waals surface area contributed by atoms with E-state index in [1.165, 1.54) is 17.5 Å². The molecule has 0 aliphatic carbocycles. The smallest absolute Gasteiger partial charge is 0.193 e. The van der Waals surface area contributed by atoms with Gasteiger partial charge in [0.15, 0.2) is 5.96 Å². The molecule has 1 atom stereocenters. The number of nitrogens with one attached hydrogen (secondary N) is 1. The van der Waals surface area contributed by atoms with Crippen molar-refractivity contribution in [1.82, 2.24) is 29.8 Å². The van der Waals surface area contributed by atoms with Gasteiger partial charge in [-0.25, -0.2) is 0 Å². The van der Waals surface area contributed by atoms with E-state index >= 15 is 0 Å². The molecule has 2 aromatic rings. The molecule has 1 unspecified atom stereocenters. The van der Waals surface area contributed by atoms with Gasteiger partial charge in [0.1, 0.15) is 0 Å². The lowest BCUT2D eigenvalue weighted by Gasteiger charge is -2.21. The molecule has 0 radical (unpaired) electrons. The molecule has 0 amide bonds. The molecule has 8 heteroatoms. The van der Waals surface area contributed by atoms with Crippen molar-refractivity contribution < 1.29 is 0 Å². The fourth-order valence-corrected chi connectivity index (χ4v) is 3.31. The maximum Gasteiger partial charge on any atom is 0.193 e. The van der Waals surface area contributed by atoms with E-state index in [2.05, 4.69) is 44.7 Å². The van der Waals surface area contributed by atoms with E-state index < -0.39 is 0 Å². The number of halogens is 1. The number of nitrogens with zero attached hydrogens (tertiary/aromatic N) is 6. The zero-order valence-electron chi connectivity index (χ0n) is 15.2. The Morgan fingerprint density at radius 2 is 2.16 bits per heavy atom. The summed E-state index contributed by atoms with van der Waals surface area (Å²) >= 11 is 0. The van der Waals surface area contributed by atoms with Crippen LogP contribution in [-0.2, 0) is 20.0 Å². The lowest BCUT2D eigenvalue weighted by molar-refractivity contribution is 0.455. The molecule has 1 fully saturated rings. The van der Waals surface area contributed by atoms with Crippen LogP contribution < -0.4 is 5.32 Å². The third-order valence-electron chi connectivity index (χ3n) is 4.47. The van der Waals surface area contributed by atoms with Gasteiger partial charge < -0.3 is 10.2 Å². The molecule has 1 saturated heterocycles. The minimum Gasteiger partial charge on any atom is -0.354 e. The summed E-state index contributed by atoms with van der Waals surface area (Å²) in [7, 11) is 3.83. The molecule has 7 nitrogen and oxygen atoms in total. The monoisotopic (exact) mass is 457 g/mol. The van der Waals surface area contributed by atoms with Crippen molar-refractivity contribution in [3.63, 3.8) is 0 Å². The van der Waals surface area contributed by atoms with Crippen LogP contribution in [0.2, 0.25) is 0 Å². The summed E-state index contributed by atoms with van der Waals surface area (Å²) in [6.45, 7) is 5.85. The average Bonchev–Trinajstić information content (AvgIpc) is 3.27. The Balaban J connectivity index is 0.00000225.